The zero-order valence-electron chi connectivity index (χ0n) is 7.12. The highest BCUT2D eigenvalue weighted by atomic mass is 16.6. The third kappa shape index (κ3) is 3.95. The van der Waals surface area contributed by atoms with Gasteiger partial charge in [-0.05, 0) is 6.92 Å². The van der Waals surface area contributed by atoms with Gasteiger partial charge in [0.1, 0.15) is 0 Å². The predicted octanol–water partition coefficient (Wildman–Crippen LogP) is 0.211. The molecular weight excluding hydrogens is 148 g/mol. The van der Waals surface area contributed by atoms with Crippen LogP contribution in [0.5, 0.6) is 0 Å². The molecule has 0 aromatic heterocycles. The van der Waals surface area contributed by atoms with Crippen LogP contribution < -0.4 is 0 Å². The van der Waals surface area contributed by atoms with Crippen LogP contribution in [-0.2, 0) is 19.0 Å². The average Bonchev–Trinajstić information content (AvgIpc) is 2.00. The molecule has 4 heteroatoms. The van der Waals surface area contributed by atoms with E-state index in [1.54, 1.807) is 6.92 Å². The fourth-order valence-corrected chi connectivity index (χ4v) is 0.619. The Kier molecular flexibility index (Phi) is 5.78. The van der Waals surface area contributed by atoms with Gasteiger partial charge in [0.05, 0.1) is 13.2 Å². The van der Waals surface area contributed by atoms with Gasteiger partial charge in [0, 0.05) is 14.2 Å². The molecule has 0 aliphatic carbocycles. The standard InChI is InChI=1S/C7H14O4/c1-4-11-7(8)6(10-3)5-9-2/h6H,4-5H2,1-3H3. The van der Waals surface area contributed by atoms with Gasteiger partial charge in [0.2, 0.25) is 0 Å². The first-order chi connectivity index (χ1) is 5.26. The van der Waals surface area contributed by atoms with E-state index >= 15 is 0 Å². The van der Waals surface area contributed by atoms with E-state index in [2.05, 4.69) is 0 Å². The van der Waals surface area contributed by atoms with E-state index in [4.69, 9.17) is 14.2 Å². The highest BCUT2D eigenvalue weighted by Gasteiger charge is 2.17. The van der Waals surface area contributed by atoms with Crippen molar-refractivity contribution in [1.29, 1.82) is 0 Å². The molecule has 0 rings (SSSR count). The van der Waals surface area contributed by atoms with Crippen molar-refractivity contribution in [1.82, 2.24) is 0 Å². The first-order valence-electron chi connectivity index (χ1n) is 3.44. The highest BCUT2D eigenvalue weighted by Crippen LogP contribution is 1.94. The fourth-order valence-electron chi connectivity index (χ4n) is 0.619. The summed E-state index contributed by atoms with van der Waals surface area (Å²) in [5.74, 6) is -0.378. The summed E-state index contributed by atoms with van der Waals surface area (Å²) < 4.78 is 14.2. The van der Waals surface area contributed by atoms with Crippen LogP contribution in [0.4, 0.5) is 0 Å². The summed E-state index contributed by atoms with van der Waals surface area (Å²) in [5.41, 5.74) is 0. The minimum Gasteiger partial charge on any atom is -0.464 e. The molecule has 1 atom stereocenters. The topological polar surface area (TPSA) is 44.8 Å². The minimum absolute atomic E-state index is 0.231. The van der Waals surface area contributed by atoms with Gasteiger partial charge in [-0.2, -0.15) is 0 Å². The molecule has 0 saturated heterocycles. The maximum atomic E-state index is 10.9. The Balaban J connectivity index is 3.71. The van der Waals surface area contributed by atoms with Crippen LogP contribution in [0.1, 0.15) is 6.92 Å². The molecule has 0 aromatic carbocycles. The molecule has 0 bridgehead atoms. The van der Waals surface area contributed by atoms with Crippen LogP contribution in [-0.4, -0.2) is 39.5 Å². The van der Waals surface area contributed by atoms with Gasteiger partial charge in [0.15, 0.2) is 6.10 Å². The molecular formula is C7H14O4. The summed E-state index contributed by atoms with van der Waals surface area (Å²) in [4.78, 5) is 10.9. The zero-order valence-corrected chi connectivity index (χ0v) is 7.12. The van der Waals surface area contributed by atoms with Crippen molar-refractivity contribution in [2.45, 2.75) is 13.0 Å². The first-order valence-corrected chi connectivity index (χ1v) is 3.44. The molecule has 0 fully saturated rings. The molecule has 0 amide bonds. The molecule has 0 heterocycles. The van der Waals surface area contributed by atoms with Crippen molar-refractivity contribution in [2.75, 3.05) is 27.4 Å². The van der Waals surface area contributed by atoms with Gasteiger partial charge in [-0.3, -0.25) is 0 Å². The Morgan fingerprint density at radius 2 is 2.09 bits per heavy atom. The van der Waals surface area contributed by atoms with E-state index in [9.17, 15) is 4.79 Å². The first kappa shape index (κ1) is 10.4. The van der Waals surface area contributed by atoms with E-state index in [1.807, 2.05) is 0 Å². The Morgan fingerprint density at radius 1 is 1.45 bits per heavy atom. The summed E-state index contributed by atoms with van der Waals surface area (Å²) in [7, 11) is 2.95. The Morgan fingerprint density at radius 3 is 2.45 bits per heavy atom. The summed E-state index contributed by atoms with van der Waals surface area (Å²) in [5, 5.41) is 0. The molecule has 11 heavy (non-hydrogen) atoms. The third-order valence-corrected chi connectivity index (χ3v) is 1.15. The van der Waals surface area contributed by atoms with Crippen molar-refractivity contribution in [3.63, 3.8) is 0 Å². The molecule has 0 aromatic rings. The van der Waals surface area contributed by atoms with Crippen molar-refractivity contribution >= 4 is 5.97 Å². The van der Waals surface area contributed by atoms with Gasteiger partial charge in [0.25, 0.3) is 0 Å². The lowest BCUT2D eigenvalue weighted by atomic mass is 10.4. The summed E-state index contributed by atoms with van der Waals surface area (Å²) in [6.45, 7) is 2.34. The number of methoxy groups -OCH3 is 2. The van der Waals surface area contributed by atoms with E-state index in [1.165, 1.54) is 14.2 Å². The zero-order chi connectivity index (χ0) is 8.69. The van der Waals surface area contributed by atoms with Crippen molar-refractivity contribution in [2.24, 2.45) is 0 Å². The summed E-state index contributed by atoms with van der Waals surface area (Å²) in [6, 6.07) is 0. The maximum Gasteiger partial charge on any atom is 0.337 e. The number of carbonyl (C=O) groups excluding carboxylic acids is 1. The second-order valence-electron chi connectivity index (χ2n) is 1.93. The monoisotopic (exact) mass is 162 g/mol. The molecule has 66 valence electrons. The van der Waals surface area contributed by atoms with Crippen LogP contribution in [0, 0.1) is 0 Å². The van der Waals surface area contributed by atoms with Gasteiger partial charge in [-0.25, -0.2) is 4.79 Å². The molecule has 0 aliphatic rings. The molecule has 0 saturated carbocycles. The molecule has 4 nitrogen and oxygen atoms in total. The van der Waals surface area contributed by atoms with Crippen LogP contribution >= 0.6 is 0 Å². The lowest BCUT2D eigenvalue weighted by molar-refractivity contribution is -0.157. The van der Waals surface area contributed by atoms with Crippen LogP contribution in [0.3, 0.4) is 0 Å². The lowest BCUT2D eigenvalue weighted by Crippen LogP contribution is -2.29. The van der Waals surface area contributed by atoms with E-state index in [0.29, 0.717) is 6.61 Å². The molecule has 0 aliphatic heterocycles. The summed E-state index contributed by atoms with van der Waals surface area (Å²) in [6.07, 6.45) is -0.597. The minimum atomic E-state index is -0.597. The lowest BCUT2D eigenvalue weighted by Gasteiger charge is -2.11. The number of ether oxygens (including phenoxy) is 3. The number of esters is 1. The molecule has 0 radical (unpaired) electrons. The van der Waals surface area contributed by atoms with Crippen LogP contribution in [0.2, 0.25) is 0 Å². The van der Waals surface area contributed by atoms with Crippen LogP contribution in [0.15, 0.2) is 0 Å². The number of hydrogen-bond donors (Lipinski definition) is 0. The maximum absolute atomic E-state index is 10.9. The normalized spacial score (nSPS) is 12.6. The van der Waals surface area contributed by atoms with Gasteiger partial charge < -0.3 is 14.2 Å². The third-order valence-electron chi connectivity index (χ3n) is 1.15. The number of hydrogen-bond acceptors (Lipinski definition) is 4. The number of rotatable bonds is 5. The smallest absolute Gasteiger partial charge is 0.337 e. The van der Waals surface area contributed by atoms with E-state index in [0.717, 1.165) is 0 Å². The number of carbonyl (C=O) groups is 1. The van der Waals surface area contributed by atoms with E-state index in [-0.39, 0.29) is 12.6 Å². The van der Waals surface area contributed by atoms with Crippen molar-refractivity contribution in [3.8, 4) is 0 Å². The highest BCUT2D eigenvalue weighted by molar-refractivity contribution is 5.74. The quantitative estimate of drug-likeness (QED) is 0.542. The molecule has 0 spiro atoms. The average molecular weight is 162 g/mol. The Labute approximate surface area is 66.4 Å². The molecule has 1 unspecified atom stereocenters. The predicted molar refractivity (Wildman–Crippen MR) is 39.3 cm³/mol. The Bertz CT molecular complexity index is 113. The largest absolute Gasteiger partial charge is 0.464 e. The van der Waals surface area contributed by atoms with Crippen molar-refractivity contribution in [3.05, 3.63) is 0 Å². The van der Waals surface area contributed by atoms with Crippen LogP contribution in [0.25, 0.3) is 0 Å². The Hall–Kier alpha value is -0.610. The van der Waals surface area contributed by atoms with Gasteiger partial charge in [-0.1, -0.05) is 0 Å². The van der Waals surface area contributed by atoms with Gasteiger partial charge >= 0.3 is 5.97 Å². The fraction of sp³-hybridized carbons (Fsp3) is 0.857. The second-order valence-corrected chi connectivity index (χ2v) is 1.93. The van der Waals surface area contributed by atoms with E-state index < -0.39 is 6.10 Å². The molecule has 0 N–H and O–H groups in total. The summed E-state index contributed by atoms with van der Waals surface area (Å²) >= 11 is 0. The SMILES string of the molecule is CCOC(=O)C(COC)OC. The van der Waals surface area contributed by atoms with Crippen molar-refractivity contribution < 1.29 is 19.0 Å². The van der Waals surface area contributed by atoms with Gasteiger partial charge in [-0.15, -0.1) is 0 Å². The second kappa shape index (κ2) is 6.12.